The molecule has 0 amide bonds. The van der Waals surface area contributed by atoms with Crippen LogP contribution in [0.15, 0.2) is 18.2 Å². The standard InChI is InChI=1S/C17H23ClN2/c1-12(2)17(7-8-17)11-20-15-5-4-13(3)10-14(15)19-16(20)6-9-18/h4-5,10,12H,6-9,11H2,1-3H3. The molecule has 0 spiro atoms. The summed E-state index contributed by atoms with van der Waals surface area (Å²) in [5.74, 6) is 2.51. The van der Waals surface area contributed by atoms with E-state index in [0.717, 1.165) is 30.2 Å². The minimum absolute atomic E-state index is 0.486. The molecule has 108 valence electrons. The quantitative estimate of drug-likeness (QED) is 0.738. The fourth-order valence-electron chi connectivity index (χ4n) is 3.13. The summed E-state index contributed by atoms with van der Waals surface area (Å²) in [7, 11) is 0. The van der Waals surface area contributed by atoms with E-state index in [1.54, 1.807) is 0 Å². The lowest BCUT2D eigenvalue weighted by Crippen LogP contribution is -2.19. The Morgan fingerprint density at radius 3 is 2.70 bits per heavy atom. The van der Waals surface area contributed by atoms with Crippen molar-refractivity contribution in [1.29, 1.82) is 0 Å². The van der Waals surface area contributed by atoms with Crippen LogP contribution in [0.2, 0.25) is 0 Å². The summed E-state index contributed by atoms with van der Waals surface area (Å²) in [6, 6.07) is 6.57. The van der Waals surface area contributed by atoms with Crippen LogP contribution in [0.3, 0.4) is 0 Å². The van der Waals surface area contributed by atoms with Gasteiger partial charge in [0.05, 0.1) is 11.0 Å². The molecule has 1 aliphatic rings. The lowest BCUT2D eigenvalue weighted by Gasteiger charge is -2.22. The van der Waals surface area contributed by atoms with Crippen LogP contribution < -0.4 is 0 Å². The molecule has 0 bridgehead atoms. The van der Waals surface area contributed by atoms with Crippen molar-refractivity contribution in [2.75, 3.05) is 5.88 Å². The number of benzene rings is 1. The molecule has 1 aromatic heterocycles. The molecule has 0 saturated heterocycles. The molecule has 0 unspecified atom stereocenters. The van der Waals surface area contributed by atoms with Crippen molar-refractivity contribution in [2.24, 2.45) is 11.3 Å². The third-order valence-electron chi connectivity index (χ3n) is 4.89. The SMILES string of the molecule is Cc1ccc2c(c1)nc(CCCl)n2CC1(C(C)C)CC1. The molecule has 1 fully saturated rings. The van der Waals surface area contributed by atoms with Gasteiger partial charge >= 0.3 is 0 Å². The average Bonchev–Trinajstić information content (AvgIpc) is 3.11. The Labute approximate surface area is 126 Å². The summed E-state index contributed by atoms with van der Waals surface area (Å²) < 4.78 is 2.42. The Hall–Kier alpha value is -1.02. The predicted molar refractivity (Wildman–Crippen MR) is 85.4 cm³/mol. The molecule has 0 radical (unpaired) electrons. The fraction of sp³-hybridized carbons (Fsp3) is 0.588. The molecule has 20 heavy (non-hydrogen) atoms. The van der Waals surface area contributed by atoms with E-state index in [9.17, 15) is 0 Å². The Bertz CT molecular complexity index is 623. The minimum Gasteiger partial charge on any atom is -0.327 e. The molecule has 1 aliphatic carbocycles. The van der Waals surface area contributed by atoms with Crippen LogP contribution in [0.4, 0.5) is 0 Å². The van der Waals surface area contributed by atoms with E-state index in [1.807, 2.05) is 0 Å². The van der Waals surface area contributed by atoms with Crippen LogP contribution >= 0.6 is 11.6 Å². The lowest BCUT2D eigenvalue weighted by atomic mass is 9.92. The van der Waals surface area contributed by atoms with Gasteiger partial charge in [0.25, 0.3) is 0 Å². The van der Waals surface area contributed by atoms with Gasteiger partial charge < -0.3 is 4.57 Å². The number of imidazole rings is 1. The molecule has 1 heterocycles. The Balaban J connectivity index is 2.05. The summed E-state index contributed by atoms with van der Waals surface area (Å²) in [5, 5.41) is 0. The van der Waals surface area contributed by atoms with Crippen LogP contribution in [0, 0.1) is 18.3 Å². The zero-order chi connectivity index (χ0) is 14.3. The Morgan fingerprint density at radius 1 is 1.35 bits per heavy atom. The maximum atomic E-state index is 5.96. The highest BCUT2D eigenvalue weighted by atomic mass is 35.5. The monoisotopic (exact) mass is 290 g/mol. The van der Waals surface area contributed by atoms with Crippen molar-refractivity contribution >= 4 is 22.6 Å². The van der Waals surface area contributed by atoms with Gasteiger partial charge in [0.1, 0.15) is 5.82 Å². The minimum atomic E-state index is 0.486. The van der Waals surface area contributed by atoms with E-state index in [1.165, 1.54) is 23.9 Å². The number of halogens is 1. The van der Waals surface area contributed by atoms with Gasteiger partial charge in [-0.3, -0.25) is 0 Å². The molecule has 0 aliphatic heterocycles. The Morgan fingerprint density at radius 2 is 2.10 bits per heavy atom. The highest BCUT2D eigenvalue weighted by Crippen LogP contribution is 2.53. The summed E-state index contributed by atoms with van der Waals surface area (Å²) in [5.41, 5.74) is 4.14. The molecular weight excluding hydrogens is 268 g/mol. The molecule has 0 atom stereocenters. The summed E-state index contributed by atoms with van der Waals surface area (Å²) in [6.45, 7) is 7.90. The van der Waals surface area contributed by atoms with Crippen molar-refractivity contribution in [3.8, 4) is 0 Å². The second-order valence-electron chi connectivity index (χ2n) is 6.56. The highest BCUT2D eigenvalue weighted by molar-refractivity contribution is 6.17. The van der Waals surface area contributed by atoms with Crippen LogP contribution in [0.25, 0.3) is 11.0 Å². The molecule has 2 aromatic rings. The van der Waals surface area contributed by atoms with Crippen molar-refractivity contribution in [1.82, 2.24) is 9.55 Å². The van der Waals surface area contributed by atoms with Crippen LogP contribution in [0.1, 0.15) is 38.1 Å². The first-order valence-electron chi connectivity index (χ1n) is 7.57. The topological polar surface area (TPSA) is 17.8 Å². The molecule has 2 nitrogen and oxygen atoms in total. The van der Waals surface area contributed by atoms with Gasteiger partial charge in [-0.25, -0.2) is 4.98 Å². The van der Waals surface area contributed by atoms with Gasteiger partial charge in [0.2, 0.25) is 0 Å². The molecule has 1 aromatic carbocycles. The highest BCUT2D eigenvalue weighted by Gasteiger charge is 2.45. The van der Waals surface area contributed by atoms with E-state index < -0.39 is 0 Å². The first-order chi connectivity index (χ1) is 9.55. The van der Waals surface area contributed by atoms with Crippen molar-refractivity contribution < 1.29 is 0 Å². The van der Waals surface area contributed by atoms with Crippen LogP contribution in [-0.2, 0) is 13.0 Å². The number of alkyl halides is 1. The summed E-state index contributed by atoms with van der Waals surface area (Å²) in [4.78, 5) is 4.81. The average molecular weight is 291 g/mol. The fourth-order valence-corrected chi connectivity index (χ4v) is 3.30. The first-order valence-corrected chi connectivity index (χ1v) is 8.11. The molecule has 3 rings (SSSR count). The van der Waals surface area contributed by atoms with E-state index in [4.69, 9.17) is 16.6 Å². The van der Waals surface area contributed by atoms with Crippen molar-refractivity contribution in [2.45, 2.75) is 46.6 Å². The van der Waals surface area contributed by atoms with Gasteiger partial charge in [0, 0.05) is 18.8 Å². The van der Waals surface area contributed by atoms with Gasteiger partial charge in [-0.1, -0.05) is 19.9 Å². The maximum Gasteiger partial charge on any atom is 0.111 e. The van der Waals surface area contributed by atoms with Crippen molar-refractivity contribution in [3.63, 3.8) is 0 Å². The third kappa shape index (κ3) is 2.35. The number of aromatic nitrogens is 2. The maximum absolute atomic E-state index is 5.96. The second kappa shape index (κ2) is 5.07. The van der Waals surface area contributed by atoms with Crippen LogP contribution in [0.5, 0.6) is 0 Å². The van der Waals surface area contributed by atoms with E-state index in [0.29, 0.717) is 11.3 Å². The van der Waals surface area contributed by atoms with Gasteiger partial charge in [0.15, 0.2) is 0 Å². The first kappa shape index (κ1) is 13.9. The van der Waals surface area contributed by atoms with Gasteiger partial charge in [-0.15, -0.1) is 11.6 Å². The zero-order valence-electron chi connectivity index (χ0n) is 12.6. The number of aryl methyl sites for hydroxylation is 2. The van der Waals surface area contributed by atoms with Crippen molar-refractivity contribution in [3.05, 3.63) is 29.6 Å². The van der Waals surface area contributed by atoms with Gasteiger partial charge in [-0.05, 0) is 48.8 Å². The zero-order valence-corrected chi connectivity index (χ0v) is 13.4. The number of rotatable bonds is 5. The summed E-state index contributed by atoms with van der Waals surface area (Å²) in [6.07, 6.45) is 3.54. The third-order valence-corrected chi connectivity index (χ3v) is 5.08. The largest absolute Gasteiger partial charge is 0.327 e. The van der Waals surface area contributed by atoms with Gasteiger partial charge in [-0.2, -0.15) is 0 Å². The second-order valence-corrected chi connectivity index (χ2v) is 6.94. The number of hydrogen-bond acceptors (Lipinski definition) is 1. The van der Waals surface area contributed by atoms with E-state index in [2.05, 4.69) is 43.5 Å². The molecule has 0 N–H and O–H groups in total. The van der Waals surface area contributed by atoms with E-state index >= 15 is 0 Å². The smallest absolute Gasteiger partial charge is 0.111 e. The molecule has 3 heteroatoms. The number of nitrogens with zero attached hydrogens (tertiary/aromatic N) is 2. The lowest BCUT2D eigenvalue weighted by molar-refractivity contribution is 0.309. The Kier molecular flexibility index (Phi) is 3.53. The van der Waals surface area contributed by atoms with Crippen LogP contribution in [-0.4, -0.2) is 15.4 Å². The summed E-state index contributed by atoms with van der Waals surface area (Å²) >= 11 is 5.96. The van der Waals surface area contributed by atoms with E-state index in [-0.39, 0.29) is 0 Å². The number of fused-ring (bicyclic) bond motifs is 1. The molecule has 1 saturated carbocycles. The predicted octanol–water partition coefficient (Wildman–Crippen LogP) is 4.56. The normalized spacial score (nSPS) is 17.1. The number of hydrogen-bond donors (Lipinski definition) is 0. The molecular formula is C17H23ClN2.